The third-order valence-corrected chi connectivity index (χ3v) is 4.99. The van der Waals surface area contributed by atoms with E-state index in [1.54, 1.807) is 18.4 Å². The predicted molar refractivity (Wildman–Crippen MR) is 94.5 cm³/mol. The predicted octanol–water partition coefficient (Wildman–Crippen LogP) is 4.00. The van der Waals surface area contributed by atoms with Crippen LogP contribution >= 0.6 is 11.8 Å². The van der Waals surface area contributed by atoms with Crippen molar-refractivity contribution in [1.29, 1.82) is 0 Å². The van der Waals surface area contributed by atoms with E-state index in [9.17, 15) is 0 Å². The lowest BCUT2D eigenvalue weighted by Gasteiger charge is -2.29. The van der Waals surface area contributed by atoms with Crippen LogP contribution in [0.1, 0.15) is 23.9 Å². The van der Waals surface area contributed by atoms with Gasteiger partial charge in [-0.3, -0.25) is 0 Å². The maximum Gasteiger partial charge on any atom is 0.283 e. The smallest absolute Gasteiger partial charge is 0.283 e. The summed E-state index contributed by atoms with van der Waals surface area (Å²) in [6, 6.07) is 12.0. The van der Waals surface area contributed by atoms with E-state index in [1.807, 2.05) is 29.4 Å². The van der Waals surface area contributed by atoms with Crippen LogP contribution in [-0.2, 0) is 5.75 Å². The molecule has 0 N–H and O–H groups in total. The molecule has 0 spiro atoms. The zero-order chi connectivity index (χ0) is 16.6. The quantitative estimate of drug-likeness (QED) is 0.709. The van der Waals surface area contributed by atoms with Crippen LogP contribution in [0.25, 0.3) is 11.7 Å². The molecule has 1 atom stereocenters. The summed E-state index contributed by atoms with van der Waals surface area (Å²) in [5, 5.41) is 15.4. The third kappa shape index (κ3) is 2.54. The lowest BCUT2D eigenvalue weighted by molar-refractivity contribution is 0.372. The summed E-state index contributed by atoms with van der Waals surface area (Å²) in [6.07, 6.45) is 4.40. The zero-order valence-corrected chi connectivity index (χ0v) is 13.9. The van der Waals surface area contributed by atoms with Crippen molar-refractivity contribution >= 4 is 28.8 Å². The fourth-order valence-corrected chi connectivity index (χ4v) is 3.76. The monoisotopic (exact) mass is 351 g/mol. The fraction of sp³-hybridized carbons (Fsp3) is 0.176. The topological polar surface area (TPSA) is 80.0 Å². The Morgan fingerprint density at radius 1 is 1.16 bits per heavy atom. The van der Waals surface area contributed by atoms with Crippen LogP contribution in [0.2, 0.25) is 0 Å². The van der Waals surface area contributed by atoms with Crippen LogP contribution in [0.3, 0.4) is 0 Å². The van der Waals surface area contributed by atoms with Crippen LogP contribution in [0.4, 0.5) is 5.69 Å². The number of aliphatic imine (C=N–C) groups is 1. The second-order valence-electron chi connectivity index (χ2n) is 5.61. The number of rotatable bonds is 3. The first kappa shape index (κ1) is 14.5. The van der Waals surface area contributed by atoms with Gasteiger partial charge in [-0.15, -0.1) is 10.2 Å². The van der Waals surface area contributed by atoms with E-state index in [1.165, 1.54) is 17.3 Å². The minimum Gasteiger partial charge on any atom is -0.459 e. The van der Waals surface area contributed by atoms with Crippen molar-refractivity contribution in [1.82, 2.24) is 15.2 Å². The fourth-order valence-electron chi connectivity index (χ4n) is 2.92. The third-order valence-electron chi connectivity index (χ3n) is 4.06. The Kier molecular flexibility index (Phi) is 3.41. The second kappa shape index (κ2) is 5.89. The van der Waals surface area contributed by atoms with E-state index in [0.717, 1.165) is 17.3 Å². The van der Waals surface area contributed by atoms with E-state index >= 15 is 0 Å². The van der Waals surface area contributed by atoms with E-state index in [-0.39, 0.29) is 6.04 Å². The SMILES string of the molecule is C1=NN2C(SCc3nnc(-c4ccco4)o3)=Nc3ccccc3[C@@H]2C1. The van der Waals surface area contributed by atoms with Crippen molar-refractivity contribution in [3.63, 3.8) is 0 Å². The van der Waals surface area contributed by atoms with E-state index < -0.39 is 0 Å². The molecule has 0 saturated heterocycles. The highest BCUT2D eigenvalue weighted by Gasteiger charge is 2.32. The number of benzene rings is 1. The number of aromatic nitrogens is 2. The Bertz CT molecular complexity index is 963. The normalized spacial score (nSPS) is 18.2. The molecule has 0 amide bonds. The molecule has 0 aliphatic carbocycles. The molecule has 1 aromatic carbocycles. The molecule has 25 heavy (non-hydrogen) atoms. The minimum absolute atomic E-state index is 0.220. The summed E-state index contributed by atoms with van der Waals surface area (Å²) in [5.41, 5.74) is 2.21. The van der Waals surface area contributed by atoms with Gasteiger partial charge in [0.15, 0.2) is 10.9 Å². The van der Waals surface area contributed by atoms with E-state index in [0.29, 0.717) is 23.3 Å². The molecule has 7 nitrogen and oxygen atoms in total. The summed E-state index contributed by atoms with van der Waals surface area (Å²) in [7, 11) is 0. The highest BCUT2D eigenvalue weighted by atomic mass is 32.2. The molecule has 0 bridgehead atoms. The molecular weight excluding hydrogens is 338 g/mol. The molecule has 4 heterocycles. The number of thioether (sulfide) groups is 1. The summed E-state index contributed by atoms with van der Waals surface area (Å²) in [4.78, 5) is 4.74. The van der Waals surface area contributed by atoms with Crippen LogP contribution in [0.5, 0.6) is 0 Å². The van der Waals surface area contributed by atoms with Crippen molar-refractivity contribution < 1.29 is 8.83 Å². The Hall–Kier alpha value is -2.87. The number of hydrazone groups is 1. The average Bonchev–Trinajstić information content (AvgIpc) is 3.40. The number of hydrogen-bond acceptors (Lipinski definition) is 8. The van der Waals surface area contributed by atoms with Crippen LogP contribution in [0.15, 0.2) is 61.6 Å². The highest BCUT2D eigenvalue weighted by Crippen LogP contribution is 2.41. The van der Waals surface area contributed by atoms with Crippen molar-refractivity contribution in [3.8, 4) is 11.7 Å². The van der Waals surface area contributed by atoms with Gasteiger partial charge in [0, 0.05) is 18.2 Å². The lowest BCUT2D eigenvalue weighted by Crippen LogP contribution is -2.27. The van der Waals surface area contributed by atoms with Gasteiger partial charge >= 0.3 is 0 Å². The summed E-state index contributed by atoms with van der Waals surface area (Å²) >= 11 is 1.54. The van der Waals surface area contributed by atoms with Gasteiger partial charge in [0.2, 0.25) is 5.89 Å². The molecule has 3 aromatic rings. The van der Waals surface area contributed by atoms with Crippen LogP contribution in [-0.4, -0.2) is 26.6 Å². The number of nitrogens with zero attached hydrogens (tertiary/aromatic N) is 5. The standard InChI is InChI=1S/C17H13N5O2S/c1-2-5-12-11(4-1)13-7-8-18-22(13)17(19-12)25-10-15-20-21-16(24-15)14-6-3-9-23-14/h1-6,8-9,13H,7,10H2/t13-/m0/s1. The molecule has 2 aromatic heterocycles. The van der Waals surface area contributed by atoms with Gasteiger partial charge < -0.3 is 8.83 Å². The Labute approximate surface area is 147 Å². The summed E-state index contributed by atoms with van der Waals surface area (Å²) in [6.45, 7) is 0. The van der Waals surface area contributed by atoms with Gasteiger partial charge in [-0.1, -0.05) is 30.0 Å². The molecule has 0 fully saturated rings. The van der Waals surface area contributed by atoms with Gasteiger partial charge in [-0.2, -0.15) is 5.10 Å². The summed E-state index contributed by atoms with van der Waals surface area (Å²) < 4.78 is 10.9. The first-order chi connectivity index (χ1) is 12.4. The molecular formula is C17H13N5O2S. The number of fused-ring (bicyclic) bond motifs is 3. The molecule has 0 radical (unpaired) electrons. The maximum absolute atomic E-state index is 5.65. The van der Waals surface area contributed by atoms with Gasteiger partial charge in [0.1, 0.15) is 0 Å². The van der Waals surface area contributed by atoms with Crippen LogP contribution in [0, 0.1) is 0 Å². The zero-order valence-electron chi connectivity index (χ0n) is 13.1. The molecule has 5 rings (SSSR count). The molecule has 2 aliphatic heterocycles. The molecule has 124 valence electrons. The van der Waals surface area contributed by atoms with Crippen molar-refractivity contribution in [2.45, 2.75) is 18.2 Å². The highest BCUT2D eigenvalue weighted by molar-refractivity contribution is 8.13. The molecule has 0 unspecified atom stereocenters. The number of para-hydroxylation sites is 1. The Morgan fingerprint density at radius 3 is 3.04 bits per heavy atom. The maximum atomic E-state index is 5.65. The van der Waals surface area contributed by atoms with Gasteiger partial charge in [-0.05, 0) is 18.2 Å². The minimum atomic E-state index is 0.220. The van der Waals surface area contributed by atoms with Crippen molar-refractivity contribution in [2.24, 2.45) is 10.1 Å². The lowest BCUT2D eigenvalue weighted by atomic mass is 10.0. The van der Waals surface area contributed by atoms with Gasteiger partial charge in [-0.25, -0.2) is 10.0 Å². The Balaban J connectivity index is 1.37. The van der Waals surface area contributed by atoms with Crippen LogP contribution < -0.4 is 0 Å². The second-order valence-corrected chi connectivity index (χ2v) is 6.56. The molecule has 2 aliphatic rings. The van der Waals surface area contributed by atoms with E-state index in [2.05, 4.69) is 21.4 Å². The molecule has 0 saturated carbocycles. The molecule has 8 heteroatoms. The first-order valence-corrected chi connectivity index (χ1v) is 8.85. The van der Waals surface area contributed by atoms with Gasteiger partial charge in [0.25, 0.3) is 5.89 Å². The van der Waals surface area contributed by atoms with Gasteiger partial charge in [0.05, 0.1) is 23.7 Å². The summed E-state index contributed by atoms with van der Waals surface area (Å²) in [5.74, 6) is 2.00. The largest absolute Gasteiger partial charge is 0.459 e. The van der Waals surface area contributed by atoms with E-state index in [4.69, 9.17) is 13.8 Å². The first-order valence-electron chi connectivity index (χ1n) is 7.87. The van der Waals surface area contributed by atoms with Crippen molar-refractivity contribution in [3.05, 3.63) is 54.1 Å². The Morgan fingerprint density at radius 2 is 2.12 bits per heavy atom. The number of furan rings is 1. The average molecular weight is 351 g/mol. The number of amidine groups is 1. The van der Waals surface area contributed by atoms with Crippen molar-refractivity contribution in [2.75, 3.05) is 0 Å². The number of hydrogen-bond donors (Lipinski definition) is 0.